The Balaban J connectivity index is 1.13. The molecule has 0 fully saturated rings. The lowest BCUT2D eigenvalue weighted by molar-refractivity contribution is 0.669. The summed E-state index contributed by atoms with van der Waals surface area (Å²) in [6, 6.07) is 65.5. The summed E-state index contributed by atoms with van der Waals surface area (Å²) < 4.78 is 11.1. The molecule has 238 valence electrons. The molecule has 0 unspecified atom stereocenters. The van der Waals surface area contributed by atoms with Crippen molar-refractivity contribution in [2.75, 3.05) is 0 Å². The Morgan fingerprint density at radius 1 is 0.333 bits per heavy atom. The van der Waals surface area contributed by atoms with Crippen LogP contribution in [-0.2, 0) is 0 Å². The Kier molecular flexibility index (Phi) is 5.96. The molecule has 3 nitrogen and oxygen atoms in total. The fourth-order valence-corrected chi connectivity index (χ4v) is 8.31. The molecular formula is C48H30N2O. The standard InChI is InChI=1S/C48H30N2O/c1-2-12-31(13-3-1)32-24-27-34(28-25-32)49-40-18-7-4-14-36(40)39-30-33(26-29-42(39)49)35-17-10-20-43-47(35)37-15-5-8-19-41(37)50(43)44-21-11-23-46-48(44)38-16-6-9-22-45(38)51-46/h1-30H. The van der Waals surface area contributed by atoms with Crippen molar-refractivity contribution in [3.05, 3.63) is 182 Å². The molecule has 0 bridgehead atoms. The van der Waals surface area contributed by atoms with Crippen LogP contribution < -0.4 is 0 Å². The summed E-state index contributed by atoms with van der Waals surface area (Å²) in [5, 5.41) is 7.22. The van der Waals surface area contributed by atoms with Gasteiger partial charge in [-0.05, 0) is 82.9 Å². The number of nitrogens with zero attached hydrogens (tertiary/aromatic N) is 2. The van der Waals surface area contributed by atoms with Gasteiger partial charge in [-0.3, -0.25) is 0 Å². The number of hydrogen-bond acceptors (Lipinski definition) is 1. The van der Waals surface area contributed by atoms with E-state index in [1.54, 1.807) is 0 Å². The second-order valence-corrected chi connectivity index (χ2v) is 13.3. The van der Waals surface area contributed by atoms with Gasteiger partial charge in [-0.25, -0.2) is 0 Å². The Hall–Kier alpha value is -6.84. The van der Waals surface area contributed by atoms with Crippen LogP contribution in [-0.4, -0.2) is 9.13 Å². The highest BCUT2D eigenvalue weighted by molar-refractivity contribution is 6.19. The van der Waals surface area contributed by atoms with Gasteiger partial charge in [0.1, 0.15) is 11.2 Å². The third-order valence-electron chi connectivity index (χ3n) is 10.5. The summed E-state index contributed by atoms with van der Waals surface area (Å²) in [7, 11) is 0. The van der Waals surface area contributed by atoms with Crippen molar-refractivity contribution in [2.24, 2.45) is 0 Å². The fraction of sp³-hybridized carbons (Fsp3) is 0. The predicted molar refractivity (Wildman–Crippen MR) is 213 cm³/mol. The SMILES string of the molecule is c1ccc(-c2ccc(-n3c4ccccc4c4cc(-c5cccc6c5c5ccccc5n6-c5cccc6oc7ccccc7c56)ccc43)cc2)cc1. The van der Waals surface area contributed by atoms with Gasteiger partial charge in [-0.2, -0.15) is 0 Å². The van der Waals surface area contributed by atoms with Crippen molar-refractivity contribution in [3.63, 3.8) is 0 Å². The molecule has 0 aliphatic heterocycles. The van der Waals surface area contributed by atoms with Gasteiger partial charge in [0.25, 0.3) is 0 Å². The minimum atomic E-state index is 0.896. The molecule has 51 heavy (non-hydrogen) atoms. The van der Waals surface area contributed by atoms with Gasteiger partial charge in [-0.1, -0.05) is 121 Å². The van der Waals surface area contributed by atoms with Crippen LogP contribution in [0.5, 0.6) is 0 Å². The molecule has 3 aromatic heterocycles. The third-order valence-corrected chi connectivity index (χ3v) is 10.5. The fourth-order valence-electron chi connectivity index (χ4n) is 8.31. The first kappa shape index (κ1) is 28.0. The number of hydrogen-bond donors (Lipinski definition) is 0. The lowest BCUT2D eigenvalue weighted by Crippen LogP contribution is -1.94. The first-order chi connectivity index (χ1) is 25.3. The van der Waals surface area contributed by atoms with Gasteiger partial charge < -0.3 is 13.6 Å². The van der Waals surface area contributed by atoms with E-state index in [2.05, 4.69) is 185 Å². The van der Waals surface area contributed by atoms with Crippen LogP contribution in [0.1, 0.15) is 0 Å². The maximum absolute atomic E-state index is 6.33. The number of benzene rings is 8. The molecule has 11 aromatic rings. The summed E-state index contributed by atoms with van der Waals surface area (Å²) in [6.45, 7) is 0. The van der Waals surface area contributed by atoms with Crippen molar-refractivity contribution in [1.29, 1.82) is 0 Å². The van der Waals surface area contributed by atoms with E-state index in [0.29, 0.717) is 0 Å². The molecular weight excluding hydrogens is 621 g/mol. The summed E-state index contributed by atoms with van der Waals surface area (Å²) in [4.78, 5) is 0. The maximum atomic E-state index is 6.33. The zero-order chi connectivity index (χ0) is 33.5. The number of furan rings is 1. The van der Waals surface area contributed by atoms with Crippen molar-refractivity contribution in [3.8, 4) is 33.6 Å². The third kappa shape index (κ3) is 4.12. The van der Waals surface area contributed by atoms with Gasteiger partial charge in [-0.15, -0.1) is 0 Å². The zero-order valence-electron chi connectivity index (χ0n) is 27.6. The maximum Gasteiger partial charge on any atom is 0.137 e. The Labute approximate surface area is 293 Å². The lowest BCUT2D eigenvalue weighted by atomic mass is 9.98. The second kappa shape index (κ2) is 10.8. The van der Waals surface area contributed by atoms with Crippen LogP contribution >= 0.6 is 0 Å². The number of fused-ring (bicyclic) bond motifs is 9. The van der Waals surface area contributed by atoms with Crippen molar-refractivity contribution in [2.45, 2.75) is 0 Å². The molecule has 0 N–H and O–H groups in total. The van der Waals surface area contributed by atoms with Crippen LogP contribution in [0.4, 0.5) is 0 Å². The van der Waals surface area contributed by atoms with E-state index in [1.807, 2.05) is 6.07 Å². The van der Waals surface area contributed by atoms with Gasteiger partial charge in [0.2, 0.25) is 0 Å². The van der Waals surface area contributed by atoms with Crippen LogP contribution in [0, 0.1) is 0 Å². The monoisotopic (exact) mass is 650 g/mol. The molecule has 0 spiro atoms. The van der Waals surface area contributed by atoms with Crippen molar-refractivity contribution in [1.82, 2.24) is 9.13 Å². The van der Waals surface area contributed by atoms with Gasteiger partial charge in [0.15, 0.2) is 0 Å². The Morgan fingerprint density at radius 3 is 1.78 bits per heavy atom. The van der Waals surface area contributed by atoms with Gasteiger partial charge >= 0.3 is 0 Å². The largest absolute Gasteiger partial charge is 0.456 e. The van der Waals surface area contributed by atoms with E-state index < -0.39 is 0 Å². The molecule has 8 aromatic carbocycles. The summed E-state index contributed by atoms with van der Waals surface area (Å²) in [5.41, 5.74) is 13.7. The van der Waals surface area contributed by atoms with E-state index in [4.69, 9.17) is 4.42 Å². The lowest BCUT2D eigenvalue weighted by Gasteiger charge is -2.11. The highest BCUT2D eigenvalue weighted by Gasteiger charge is 2.20. The highest BCUT2D eigenvalue weighted by Crippen LogP contribution is 2.43. The molecule has 3 heteroatoms. The molecule has 0 radical (unpaired) electrons. The Bertz CT molecular complexity index is 3120. The minimum Gasteiger partial charge on any atom is -0.456 e. The van der Waals surface area contributed by atoms with E-state index >= 15 is 0 Å². The van der Waals surface area contributed by atoms with Crippen molar-refractivity contribution < 1.29 is 4.42 Å². The van der Waals surface area contributed by atoms with Gasteiger partial charge in [0.05, 0.1) is 33.1 Å². The molecule has 0 aliphatic rings. The summed E-state index contributed by atoms with van der Waals surface area (Å²) in [5.74, 6) is 0. The van der Waals surface area contributed by atoms with E-state index in [9.17, 15) is 0 Å². The van der Waals surface area contributed by atoms with Crippen molar-refractivity contribution >= 4 is 65.6 Å². The summed E-state index contributed by atoms with van der Waals surface area (Å²) >= 11 is 0. The highest BCUT2D eigenvalue weighted by atomic mass is 16.3. The minimum absolute atomic E-state index is 0.896. The quantitative estimate of drug-likeness (QED) is 0.186. The van der Waals surface area contributed by atoms with E-state index in [-0.39, 0.29) is 0 Å². The number of aromatic nitrogens is 2. The average Bonchev–Trinajstić information content (AvgIpc) is 3.86. The first-order valence-electron chi connectivity index (χ1n) is 17.4. The smallest absolute Gasteiger partial charge is 0.137 e. The van der Waals surface area contributed by atoms with E-state index in [1.165, 1.54) is 65.9 Å². The predicted octanol–water partition coefficient (Wildman–Crippen LogP) is 13.1. The molecule has 0 amide bonds. The molecule has 3 heterocycles. The first-order valence-corrected chi connectivity index (χ1v) is 17.4. The number of para-hydroxylation sites is 3. The molecule has 0 aliphatic carbocycles. The normalized spacial score (nSPS) is 11.9. The molecule has 0 atom stereocenters. The molecule has 0 saturated carbocycles. The zero-order valence-corrected chi connectivity index (χ0v) is 27.6. The summed E-state index contributed by atoms with van der Waals surface area (Å²) in [6.07, 6.45) is 0. The molecule has 11 rings (SSSR count). The molecule has 0 saturated heterocycles. The van der Waals surface area contributed by atoms with Crippen LogP contribution in [0.25, 0.3) is 99.2 Å². The number of rotatable bonds is 4. The second-order valence-electron chi connectivity index (χ2n) is 13.3. The van der Waals surface area contributed by atoms with E-state index in [0.717, 1.165) is 33.3 Å². The Morgan fingerprint density at radius 2 is 0.941 bits per heavy atom. The van der Waals surface area contributed by atoms with Crippen LogP contribution in [0.3, 0.4) is 0 Å². The average molecular weight is 651 g/mol. The topological polar surface area (TPSA) is 23.0 Å². The van der Waals surface area contributed by atoms with Gasteiger partial charge in [0, 0.05) is 32.6 Å². The van der Waals surface area contributed by atoms with Crippen LogP contribution in [0.15, 0.2) is 186 Å². The van der Waals surface area contributed by atoms with Crippen LogP contribution in [0.2, 0.25) is 0 Å².